The third-order valence-corrected chi connectivity index (χ3v) is 6.49. The van der Waals surface area contributed by atoms with Gasteiger partial charge in [0.1, 0.15) is 0 Å². The fourth-order valence-corrected chi connectivity index (χ4v) is 4.62. The highest BCUT2D eigenvalue weighted by atomic mass is 16.1. The number of hydrogen-bond donors (Lipinski definition) is 1. The Morgan fingerprint density at radius 2 is 1.66 bits per heavy atom. The minimum atomic E-state index is 0.000936. The second kappa shape index (κ2) is 9.55. The number of aryl methyl sites for hydroxylation is 1. The zero-order valence-electron chi connectivity index (χ0n) is 17.6. The summed E-state index contributed by atoms with van der Waals surface area (Å²) in [5.74, 6) is 0.163. The Balaban J connectivity index is 1.28. The molecule has 1 amide bonds. The van der Waals surface area contributed by atoms with Crippen LogP contribution in [0.3, 0.4) is 0 Å². The van der Waals surface area contributed by atoms with E-state index in [1.165, 1.54) is 35.3 Å². The summed E-state index contributed by atoms with van der Waals surface area (Å²) in [4.78, 5) is 17.8. The van der Waals surface area contributed by atoms with Crippen LogP contribution in [-0.4, -0.2) is 48.4 Å². The van der Waals surface area contributed by atoms with Crippen LogP contribution in [0.4, 0.5) is 0 Å². The van der Waals surface area contributed by atoms with Crippen molar-refractivity contribution in [3.8, 4) is 0 Å². The van der Waals surface area contributed by atoms with Gasteiger partial charge in [0.05, 0.1) is 5.92 Å². The lowest BCUT2D eigenvalue weighted by Gasteiger charge is -2.34. The normalized spacial score (nSPS) is 20.2. The van der Waals surface area contributed by atoms with Crippen molar-refractivity contribution in [2.45, 2.75) is 45.2 Å². The minimum absolute atomic E-state index is 0.000936. The van der Waals surface area contributed by atoms with E-state index in [4.69, 9.17) is 0 Å². The van der Waals surface area contributed by atoms with E-state index in [2.05, 4.69) is 64.5 Å². The van der Waals surface area contributed by atoms with Crippen LogP contribution in [0.5, 0.6) is 0 Å². The first kappa shape index (κ1) is 20.1. The number of piperazine rings is 1. The maximum Gasteiger partial charge on any atom is 0.227 e. The summed E-state index contributed by atoms with van der Waals surface area (Å²) in [6, 6.07) is 17.1. The smallest absolute Gasteiger partial charge is 0.227 e. The molecule has 1 aliphatic heterocycles. The molecule has 2 aliphatic rings. The first-order valence-electron chi connectivity index (χ1n) is 11.1. The Kier molecular flexibility index (Phi) is 6.63. The van der Waals surface area contributed by atoms with E-state index in [1.807, 2.05) is 6.07 Å². The average molecular weight is 392 g/mol. The molecule has 2 aromatic rings. The second-order valence-electron chi connectivity index (χ2n) is 8.39. The topological polar surface area (TPSA) is 35.6 Å². The number of hydrogen-bond acceptors (Lipinski definition) is 3. The van der Waals surface area contributed by atoms with Gasteiger partial charge in [-0.2, -0.15) is 0 Å². The molecule has 2 aromatic carbocycles. The van der Waals surface area contributed by atoms with E-state index in [1.54, 1.807) is 0 Å². The van der Waals surface area contributed by atoms with Crippen molar-refractivity contribution in [3.05, 3.63) is 70.8 Å². The molecule has 0 radical (unpaired) electrons. The van der Waals surface area contributed by atoms with E-state index < -0.39 is 0 Å². The largest absolute Gasteiger partial charge is 0.351 e. The molecule has 0 spiro atoms. The lowest BCUT2D eigenvalue weighted by molar-refractivity contribution is -0.123. The van der Waals surface area contributed by atoms with Crippen LogP contribution in [0.1, 0.15) is 47.9 Å². The standard InChI is InChI=1S/C25H33N3O/c1-2-27-14-16-28(17-15-27)19-21-12-10-20(11-13-21)18-26-25(29)24-9-5-7-22-6-3-4-8-23(22)24/h3-4,6,8,10-13,24H,2,5,7,9,14-19H2,1H3,(H,26,29). The fraction of sp³-hybridized carbons (Fsp3) is 0.480. The van der Waals surface area contributed by atoms with E-state index in [0.29, 0.717) is 6.54 Å². The molecule has 4 heteroatoms. The van der Waals surface area contributed by atoms with Crippen molar-refractivity contribution in [2.24, 2.45) is 0 Å². The van der Waals surface area contributed by atoms with Gasteiger partial charge in [0, 0.05) is 39.3 Å². The number of nitrogens with zero attached hydrogens (tertiary/aromatic N) is 2. The van der Waals surface area contributed by atoms with E-state index in [-0.39, 0.29) is 11.8 Å². The van der Waals surface area contributed by atoms with Gasteiger partial charge in [-0.15, -0.1) is 0 Å². The molecule has 0 bridgehead atoms. The first-order chi connectivity index (χ1) is 14.2. The highest BCUT2D eigenvalue weighted by Gasteiger charge is 2.25. The molecule has 1 N–H and O–H groups in total. The van der Waals surface area contributed by atoms with Crippen LogP contribution in [0.25, 0.3) is 0 Å². The summed E-state index contributed by atoms with van der Waals surface area (Å²) in [7, 11) is 0. The number of fused-ring (bicyclic) bond motifs is 1. The molecule has 0 aromatic heterocycles. The molecule has 1 saturated heterocycles. The van der Waals surface area contributed by atoms with Crippen molar-refractivity contribution in [1.82, 2.24) is 15.1 Å². The molecular formula is C25H33N3O. The predicted octanol–water partition coefficient (Wildman–Crippen LogP) is 3.56. The summed E-state index contributed by atoms with van der Waals surface area (Å²) in [6.45, 7) is 9.65. The van der Waals surface area contributed by atoms with Crippen molar-refractivity contribution in [2.75, 3.05) is 32.7 Å². The molecule has 1 aliphatic carbocycles. The number of amides is 1. The van der Waals surface area contributed by atoms with Crippen molar-refractivity contribution < 1.29 is 4.79 Å². The summed E-state index contributed by atoms with van der Waals surface area (Å²) < 4.78 is 0. The highest BCUT2D eigenvalue weighted by Crippen LogP contribution is 2.31. The predicted molar refractivity (Wildman–Crippen MR) is 118 cm³/mol. The van der Waals surface area contributed by atoms with Crippen LogP contribution < -0.4 is 5.32 Å². The summed E-state index contributed by atoms with van der Waals surface area (Å²) in [5, 5.41) is 3.17. The van der Waals surface area contributed by atoms with E-state index >= 15 is 0 Å². The number of benzene rings is 2. The SMILES string of the molecule is CCN1CCN(Cc2ccc(CNC(=O)C3CCCc4ccccc43)cc2)CC1. The minimum Gasteiger partial charge on any atom is -0.351 e. The van der Waals surface area contributed by atoms with Gasteiger partial charge in [0.15, 0.2) is 0 Å². The van der Waals surface area contributed by atoms with Crippen LogP contribution >= 0.6 is 0 Å². The molecule has 1 fully saturated rings. The van der Waals surface area contributed by atoms with Gasteiger partial charge in [0.25, 0.3) is 0 Å². The fourth-order valence-electron chi connectivity index (χ4n) is 4.62. The van der Waals surface area contributed by atoms with Gasteiger partial charge in [-0.3, -0.25) is 9.69 Å². The lowest BCUT2D eigenvalue weighted by atomic mass is 9.82. The average Bonchev–Trinajstić information content (AvgIpc) is 2.78. The molecule has 1 unspecified atom stereocenters. The van der Waals surface area contributed by atoms with Crippen LogP contribution in [0, 0.1) is 0 Å². The van der Waals surface area contributed by atoms with Gasteiger partial charge in [0.2, 0.25) is 5.91 Å². The third-order valence-electron chi connectivity index (χ3n) is 6.49. The molecule has 0 saturated carbocycles. The molecule has 29 heavy (non-hydrogen) atoms. The van der Waals surface area contributed by atoms with Gasteiger partial charge >= 0.3 is 0 Å². The summed E-state index contributed by atoms with van der Waals surface area (Å²) in [6.07, 6.45) is 3.14. The molecule has 4 nitrogen and oxygen atoms in total. The van der Waals surface area contributed by atoms with Crippen molar-refractivity contribution in [3.63, 3.8) is 0 Å². The van der Waals surface area contributed by atoms with E-state index in [9.17, 15) is 4.79 Å². The lowest BCUT2D eigenvalue weighted by Crippen LogP contribution is -2.45. The summed E-state index contributed by atoms with van der Waals surface area (Å²) in [5.41, 5.74) is 5.08. The van der Waals surface area contributed by atoms with Crippen LogP contribution in [0.15, 0.2) is 48.5 Å². The number of likely N-dealkylation sites (N-methyl/N-ethyl adjacent to an activating group) is 1. The Bertz CT molecular complexity index is 809. The first-order valence-corrected chi connectivity index (χ1v) is 11.1. The number of nitrogens with one attached hydrogen (secondary N) is 1. The quantitative estimate of drug-likeness (QED) is 0.818. The molecule has 4 rings (SSSR count). The Labute approximate surface area is 174 Å². The van der Waals surface area contributed by atoms with Crippen molar-refractivity contribution in [1.29, 1.82) is 0 Å². The number of carbonyl (C=O) groups is 1. The molecule has 1 heterocycles. The molecule has 154 valence electrons. The molecule has 1 atom stereocenters. The summed E-state index contributed by atoms with van der Waals surface area (Å²) >= 11 is 0. The third kappa shape index (κ3) is 5.06. The second-order valence-corrected chi connectivity index (χ2v) is 8.39. The Morgan fingerprint density at radius 1 is 0.966 bits per heavy atom. The monoisotopic (exact) mass is 391 g/mol. The zero-order chi connectivity index (χ0) is 20.1. The zero-order valence-corrected chi connectivity index (χ0v) is 17.6. The van der Waals surface area contributed by atoms with E-state index in [0.717, 1.165) is 45.4 Å². The van der Waals surface area contributed by atoms with Gasteiger partial charge < -0.3 is 10.2 Å². The van der Waals surface area contributed by atoms with Crippen LogP contribution in [0.2, 0.25) is 0 Å². The Hall–Kier alpha value is -2.17. The van der Waals surface area contributed by atoms with Gasteiger partial charge in [-0.1, -0.05) is 55.5 Å². The van der Waals surface area contributed by atoms with Gasteiger partial charge in [-0.25, -0.2) is 0 Å². The van der Waals surface area contributed by atoms with Gasteiger partial charge in [-0.05, 0) is 48.1 Å². The van der Waals surface area contributed by atoms with Crippen LogP contribution in [-0.2, 0) is 24.3 Å². The van der Waals surface area contributed by atoms with Crippen molar-refractivity contribution >= 4 is 5.91 Å². The Morgan fingerprint density at radius 3 is 2.41 bits per heavy atom. The number of rotatable bonds is 6. The molecular weight excluding hydrogens is 358 g/mol. The highest BCUT2D eigenvalue weighted by molar-refractivity contribution is 5.84. The number of carbonyl (C=O) groups excluding carboxylic acids is 1. The maximum absolute atomic E-state index is 12.8. The maximum atomic E-state index is 12.8.